The highest BCUT2D eigenvalue weighted by Crippen LogP contribution is 2.19. The van der Waals surface area contributed by atoms with Gasteiger partial charge in [-0.2, -0.15) is 0 Å². The Labute approximate surface area is 95.2 Å². The van der Waals surface area contributed by atoms with E-state index in [1.165, 1.54) is 31.3 Å². The molecule has 0 aromatic heterocycles. The Bertz CT molecular complexity index is 201. The fourth-order valence-corrected chi connectivity index (χ4v) is 1.75. The first kappa shape index (κ1) is 14.3. The van der Waals surface area contributed by atoms with Gasteiger partial charge in [0.2, 0.25) is 0 Å². The number of allylic oxidation sites excluding steroid dienone is 3. The van der Waals surface area contributed by atoms with Crippen LogP contribution in [0, 0.1) is 0 Å². The molecule has 88 valence electrons. The van der Waals surface area contributed by atoms with E-state index in [-0.39, 0.29) is 0 Å². The van der Waals surface area contributed by atoms with Crippen molar-refractivity contribution in [1.29, 1.82) is 0 Å². The number of unbranched alkanes of at least 4 members (excludes halogenated alkanes) is 3. The lowest BCUT2D eigenvalue weighted by atomic mass is 10.0. The zero-order chi connectivity index (χ0) is 11.5. The van der Waals surface area contributed by atoms with E-state index in [0.29, 0.717) is 0 Å². The van der Waals surface area contributed by atoms with Crippen molar-refractivity contribution in [2.45, 2.75) is 59.3 Å². The summed E-state index contributed by atoms with van der Waals surface area (Å²) in [6.07, 6.45) is 11.8. The second-order valence-electron chi connectivity index (χ2n) is 3.81. The maximum Gasteiger partial charge on any atom is 0.117 e. The van der Waals surface area contributed by atoms with Crippen molar-refractivity contribution in [3.63, 3.8) is 0 Å². The van der Waals surface area contributed by atoms with Crippen LogP contribution in [0.2, 0.25) is 0 Å². The quantitative estimate of drug-likeness (QED) is 0.316. The number of hydrogen-bond donors (Lipinski definition) is 0. The van der Waals surface area contributed by atoms with Gasteiger partial charge in [-0.1, -0.05) is 39.2 Å². The Balaban J connectivity index is 4.11. The summed E-state index contributed by atoms with van der Waals surface area (Å²) in [6.45, 7) is 6.46. The first-order chi connectivity index (χ1) is 7.29. The molecule has 0 heterocycles. The molecular weight excluding hydrogens is 184 g/mol. The molecule has 15 heavy (non-hydrogen) atoms. The van der Waals surface area contributed by atoms with E-state index in [2.05, 4.69) is 26.0 Å². The van der Waals surface area contributed by atoms with Crippen LogP contribution in [0.1, 0.15) is 59.3 Å². The predicted octanol–water partition coefficient (Wildman–Crippen LogP) is 4.84. The highest BCUT2D eigenvalue weighted by Gasteiger charge is 2.03. The number of ether oxygens (including phenoxy) is 1. The molecule has 0 rings (SSSR count). The first-order valence-corrected chi connectivity index (χ1v) is 6.19. The third kappa shape index (κ3) is 6.38. The molecule has 0 unspecified atom stereocenters. The summed E-state index contributed by atoms with van der Waals surface area (Å²) in [6, 6.07) is 0. The van der Waals surface area contributed by atoms with E-state index >= 15 is 0 Å². The Morgan fingerprint density at radius 2 is 1.87 bits per heavy atom. The third-order valence-electron chi connectivity index (χ3n) is 2.55. The zero-order valence-corrected chi connectivity index (χ0v) is 10.8. The van der Waals surface area contributed by atoms with Gasteiger partial charge in [0.15, 0.2) is 0 Å². The Kier molecular flexibility index (Phi) is 9.35. The lowest BCUT2D eigenvalue weighted by Gasteiger charge is -2.10. The van der Waals surface area contributed by atoms with Gasteiger partial charge in [-0.25, -0.2) is 0 Å². The minimum Gasteiger partial charge on any atom is -0.497 e. The van der Waals surface area contributed by atoms with Crippen molar-refractivity contribution in [3.8, 4) is 0 Å². The molecule has 0 saturated carbocycles. The summed E-state index contributed by atoms with van der Waals surface area (Å²) in [7, 11) is 1.75. The summed E-state index contributed by atoms with van der Waals surface area (Å²) in [5.74, 6) is 1.05. The van der Waals surface area contributed by atoms with Crippen LogP contribution < -0.4 is 0 Å². The Morgan fingerprint density at radius 3 is 2.33 bits per heavy atom. The predicted molar refractivity (Wildman–Crippen MR) is 67.9 cm³/mol. The Morgan fingerprint density at radius 1 is 1.13 bits per heavy atom. The number of methoxy groups -OCH3 is 1. The standard InChI is InChI=1S/C14H26O/c1-5-8-9-10-12-13(11-6-2)14(7-3)15-4/h7,11H,5-6,8-10,12H2,1-4H3/b13-11-,14-7+. The van der Waals surface area contributed by atoms with E-state index < -0.39 is 0 Å². The summed E-state index contributed by atoms with van der Waals surface area (Å²) < 4.78 is 5.36. The summed E-state index contributed by atoms with van der Waals surface area (Å²) in [5, 5.41) is 0. The van der Waals surface area contributed by atoms with Crippen molar-refractivity contribution in [1.82, 2.24) is 0 Å². The second kappa shape index (κ2) is 9.82. The molecule has 0 radical (unpaired) electrons. The van der Waals surface area contributed by atoms with Crippen molar-refractivity contribution < 1.29 is 4.74 Å². The molecule has 0 N–H and O–H groups in total. The van der Waals surface area contributed by atoms with Gasteiger partial charge >= 0.3 is 0 Å². The number of rotatable bonds is 8. The normalized spacial score (nSPS) is 13.1. The van der Waals surface area contributed by atoms with Gasteiger partial charge in [0.1, 0.15) is 5.76 Å². The van der Waals surface area contributed by atoms with Crippen LogP contribution in [0.15, 0.2) is 23.5 Å². The van der Waals surface area contributed by atoms with Gasteiger partial charge < -0.3 is 4.74 Å². The maximum absolute atomic E-state index is 5.36. The smallest absolute Gasteiger partial charge is 0.117 e. The molecule has 0 aliphatic heterocycles. The summed E-state index contributed by atoms with van der Waals surface area (Å²) >= 11 is 0. The molecule has 0 aliphatic carbocycles. The lowest BCUT2D eigenvalue weighted by Crippen LogP contribution is -1.93. The summed E-state index contributed by atoms with van der Waals surface area (Å²) in [5.41, 5.74) is 1.37. The zero-order valence-electron chi connectivity index (χ0n) is 10.8. The number of hydrogen-bond acceptors (Lipinski definition) is 1. The van der Waals surface area contributed by atoms with Crippen LogP contribution in [0.4, 0.5) is 0 Å². The minimum absolute atomic E-state index is 1.05. The van der Waals surface area contributed by atoms with Crippen LogP contribution in [-0.4, -0.2) is 7.11 Å². The highest BCUT2D eigenvalue weighted by molar-refractivity contribution is 5.25. The van der Waals surface area contributed by atoms with E-state index in [0.717, 1.165) is 18.6 Å². The highest BCUT2D eigenvalue weighted by atomic mass is 16.5. The van der Waals surface area contributed by atoms with E-state index in [4.69, 9.17) is 4.74 Å². The Hall–Kier alpha value is -0.720. The maximum atomic E-state index is 5.36. The third-order valence-corrected chi connectivity index (χ3v) is 2.55. The van der Waals surface area contributed by atoms with Gasteiger partial charge in [-0.05, 0) is 37.8 Å². The molecule has 0 spiro atoms. The van der Waals surface area contributed by atoms with Gasteiger partial charge in [0.25, 0.3) is 0 Å². The fourth-order valence-electron chi connectivity index (χ4n) is 1.75. The molecular formula is C14H26O. The fraction of sp³-hybridized carbons (Fsp3) is 0.714. The van der Waals surface area contributed by atoms with Gasteiger partial charge in [-0.15, -0.1) is 0 Å². The molecule has 0 atom stereocenters. The molecule has 0 aliphatic rings. The van der Waals surface area contributed by atoms with Crippen LogP contribution in [0.25, 0.3) is 0 Å². The SMILES string of the molecule is C/C=C(OC)\C(=C/CC)CCCCCC. The minimum atomic E-state index is 1.05. The molecule has 1 nitrogen and oxygen atoms in total. The van der Waals surface area contributed by atoms with Gasteiger partial charge in [0, 0.05) is 0 Å². The van der Waals surface area contributed by atoms with Gasteiger partial charge in [0.05, 0.1) is 7.11 Å². The van der Waals surface area contributed by atoms with E-state index in [9.17, 15) is 0 Å². The molecule has 0 amide bonds. The molecule has 1 heteroatoms. The van der Waals surface area contributed by atoms with E-state index in [1.807, 2.05) is 6.92 Å². The van der Waals surface area contributed by atoms with Gasteiger partial charge in [-0.3, -0.25) is 0 Å². The topological polar surface area (TPSA) is 9.23 Å². The average Bonchev–Trinajstić information content (AvgIpc) is 2.26. The monoisotopic (exact) mass is 210 g/mol. The molecule has 0 aromatic carbocycles. The molecule has 0 fully saturated rings. The first-order valence-electron chi connectivity index (χ1n) is 6.19. The summed E-state index contributed by atoms with van der Waals surface area (Å²) in [4.78, 5) is 0. The van der Waals surface area contributed by atoms with Crippen molar-refractivity contribution in [2.24, 2.45) is 0 Å². The molecule has 0 bridgehead atoms. The van der Waals surface area contributed by atoms with Crippen LogP contribution in [0.3, 0.4) is 0 Å². The van der Waals surface area contributed by atoms with Crippen molar-refractivity contribution in [3.05, 3.63) is 23.5 Å². The second-order valence-corrected chi connectivity index (χ2v) is 3.81. The van der Waals surface area contributed by atoms with Crippen molar-refractivity contribution in [2.75, 3.05) is 7.11 Å². The molecule has 0 aromatic rings. The average molecular weight is 210 g/mol. The lowest BCUT2D eigenvalue weighted by molar-refractivity contribution is 0.296. The largest absolute Gasteiger partial charge is 0.497 e. The van der Waals surface area contributed by atoms with E-state index in [1.54, 1.807) is 7.11 Å². The van der Waals surface area contributed by atoms with Crippen LogP contribution >= 0.6 is 0 Å². The van der Waals surface area contributed by atoms with Crippen LogP contribution in [0.5, 0.6) is 0 Å². The van der Waals surface area contributed by atoms with Crippen molar-refractivity contribution >= 4 is 0 Å². The van der Waals surface area contributed by atoms with Crippen LogP contribution in [-0.2, 0) is 4.74 Å². The molecule has 0 saturated heterocycles.